The highest BCUT2D eigenvalue weighted by Crippen LogP contribution is 2.33. The van der Waals surface area contributed by atoms with Gasteiger partial charge in [-0.3, -0.25) is 0 Å². The maximum atomic E-state index is 4.01. The molecule has 4 N–H and O–H groups in total. The highest BCUT2D eigenvalue weighted by atomic mass is 14.8. The molecule has 4 heteroatoms. The second kappa shape index (κ2) is 13.9. The van der Waals surface area contributed by atoms with E-state index >= 15 is 0 Å². The quantitative estimate of drug-likeness (QED) is 0.139. The average Bonchev–Trinajstić information content (AvgIpc) is 3.99. The van der Waals surface area contributed by atoms with Gasteiger partial charge in [-0.25, -0.2) is 0 Å². The van der Waals surface area contributed by atoms with Crippen LogP contribution in [0.3, 0.4) is 0 Å². The molecule has 282 valence electrons. The smallest absolute Gasteiger partial charge is 0.0486 e. The van der Waals surface area contributed by atoms with E-state index in [1.807, 2.05) is 0 Å². The van der Waals surface area contributed by atoms with E-state index in [4.69, 9.17) is 0 Å². The van der Waals surface area contributed by atoms with Gasteiger partial charge in [-0.15, -0.1) is 0 Å². The number of nitrogens with one attached hydrogen (secondary N) is 4. The van der Waals surface area contributed by atoms with Gasteiger partial charge in [0.25, 0.3) is 0 Å². The van der Waals surface area contributed by atoms with Crippen LogP contribution in [0.4, 0.5) is 0 Å². The predicted molar refractivity (Wildman–Crippen MR) is 237 cm³/mol. The van der Waals surface area contributed by atoms with Gasteiger partial charge in [0.05, 0.1) is 0 Å². The van der Waals surface area contributed by atoms with Crippen LogP contribution in [0.25, 0.3) is 22.3 Å². The molecule has 9 rings (SSSR count). The first-order valence-electron chi connectivity index (χ1n) is 20.0. The Kier molecular flexibility index (Phi) is 8.81. The summed E-state index contributed by atoms with van der Waals surface area (Å²) in [6, 6.07) is 42.6. The van der Waals surface area contributed by atoms with Crippen LogP contribution in [0.15, 0.2) is 115 Å². The lowest BCUT2D eigenvalue weighted by Gasteiger charge is -2.16. The molecule has 1 aliphatic heterocycles. The minimum absolute atomic E-state index is 1.05. The molecule has 0 saturated heterocycles. The molecule has 5 heterocycles. The summed E-state index contributed by atoms with van der Waals surface area (Å²) in [5, 5.41) is 4.24. The highest BCUT2D eigenvalue weighted by Gasteiger charge is 2.22. The molecule has 8 aromatic rings. The van der Waals surface area contributed by atoms with Crippen LogP contribution in [0.1, 0.15) is 95.1 Å². The first-order valence-corrected chi connectivity index (χ1v) is 20.0. The molecular formula is C53H50N4. The molecule has 4 nitrogen and oxygen atoms in total. The Morgan fingerprint density at radius 2 is 0.561 bits per heavy atom. The van der Waals surface area contributed by atoms with E-state index in [0.717, 1.165) is 72.0 Å². The van der Waals surface area contributed by atoms with Crippen molar-refractivity contribution in [3.8, 4) is 0 Å². The van der Waals surface area contributed by atoms with Gasteiger partial charge in [-0.05, 0) is 166 Å². The van der Waals surface area contributed by atoms with Gasteiger partial charge in [0, 0.05) is 66.5 Å². The molecule has 1 aliphatic rings. The Morgan fingerprint density at radius 3 is 0.877 bits per heavy atom. The minimum Gasteiger partial charge on any atom is -0.354 e. The van der Waals surface area contributed by atoms with Gasteiger partial charge >= 0.3 is 0 Å². The molecule has 57 heavy (non-hydrogen) atoms. The molecule has 8 bridgehead atoms. The maximum absolute atomic E-state index is 4.01. The van der Waals surface area contributed by atoms with Crippen LogP contribution >= 0.6 is 0 Å². The standard InChI is InChI=1S/C53H50N4/c1-29-23-32(4)47(33(5)24-29)51-41-17-15-39(54-41)50(38-13-11-10-12-14-38)40-16-18-42(55-40)52(48-34(6)25-30(2)26-35(48)7)44-20-22-46(57-44)53(45-21-19-43(51)56-45)49-36(8)27-31(3)28-37(49)9/h10-28,54-57H,1-9H3. The van der Waals surface area contributed by atoms with E-state index in [-0.39, 0.29) is 0 Å². The van der Waals surface area contributed by atoms with Crippen LogP contribution < -0.4 is 21.4 Å². The molecule has 0 saturated carbocycles. The number of benzene rings is 4. The number of hydrogen-bond donors (Lipinski definition) is 4. The summed E-state index contributed by atoms with van der Waals surface area (Å²) in [5.74, 6) is 0. The zero-order valence-electron chi connectivity index (χ0n) is 34.5. The fourth-order valence-electron chi connectivity index (χ4n) is 9.77. The van der Waals surface area contributed by atoms with Crippen LogP contribution in [-0.4, -0.2) is 19.9 Å². The van der Waals surface area contributed by atoms with Gasteiger partial charge in [0.1, 0.15) is 0 Å². The van der Waals surface area contributed by atoms with Crippen LogP contribution in [-0.2, 0) is 0 Å². The number of rotatable bonds is 4. The average molecular weight is 743 g/mol. The summed E-state index contributed by atoms with van der Waals surface area (Å²) in [6.07, 6.45) is 0. The molecule has 0 aliphatic carbocycles. The molecule has 4 aromatic carbocycles. The lowest BCUT2D eigenvalue weighted by atomic mass is 9.91. The fraction of sp³-hybridized carbons (Fsp3) is 0.170. The van der Waals surface area contributed by atoms with Crippen molar-refractivity contribution in [2.24, 2.45) is 0 Å². The number of aryl methyl sites for hydroxylation is 9. The van der Waals surface area contributed by atoms with Crippen LogP contribution in [0, 0.1) is 62.3 Å². The topological polar surface area (TPSA) is 63.2 Å². The molecule has 4 aromatic heterocycles. The van der Waals surface area contributed by atoms with Crippen molar-refractivity contribution in [1.82, 2.24) is 19.9 Å². The summed E-state index contributed by atoms with van der Waals surface area (Å²) in [5.41, 5.74) is 25.0. The Hall–Kier alpha value is -6.52. The van der Waals surface area contributed by atoms with E-state index in [1.165, 1.54) is 66.8 Å². The zero-order valence-corrected chi connectivity index (χ0v) is 34.5. The van der Waals surface area contributed by atoms with E-state index in [9.17, 15) is 0 Å². The Labute approximate surface area is 335 Å². The van der Waals surface area contributed by atoms with Crippen molar-refractivity contribution in [1.29, 1.82) is 0 Å². The molecule has 0 amide bonds. The monoisotopic (exact) mass is 742 g/mol. The van der Waals surface area contributed by atoms with Gasteiger partial charge in [0.2, 0.25) is 0 Å². The fourth-order valence-corrected chi connectivity index (χ4v) is 9.77. The lowest BCUT2D eigenvalue weighted by Crippen LogP contribution is -2.20. The molecule has 0 fully saturated rings. The van der Waals surface area contributed by atoms with Crippen molar-refractivity contribution in [3.05, 3.63) is 232 Å². The normalized spacial score (nSPS) is 12.9. The number of H-pyrrole nitrogens is 4. The molecule has 0 spiro atoms. The Morgan fingerprint density at radius 1 is 0.281 bits per heavy atom. The number of aromatic nitrogens is 4. The van der Waals surface area contributed by atoms with Gasteiger partial charge < -0.3 is 19.9 Å². The second-order valence-electron chi connectivity index (χ2n) is 16.3. The summed E-state index contributed by atoms with van der Waals surface area (Å²) in [7, 11) is 0. The second-order valence-corrected chi connectivity index (χ2v) is 16.3. The molecule has 0 unspecified atom stereocenters. The number of fused-ring (bicyclic) bond motifs is 8. The minimum atomic E-state index is 1.05. The van der Waals surface area contributed by atoms with E-state index in [1.54, 1.807) is 0 Å². The zero-order chi connectivity index (χ0) is 39.7. The largest absolute Gasteiger partial charge is 0.354 e. The van der Waals surface area contributed by atoms with Crippen molar-refractivity contribution >= 4 is 22.3 Å². The van der Waals surface area contributed by atoms with Gasteiger partial charge in [0.15, 0.2) is 0 Å². The van der Waals surface area contributed by atoms with Crippen molar-refractivity contribution < 1.29 is 0 Å². The third kappa shape index (κ3) is 6.26. The van der Waals surface area contributed by atoms with Crippen molar-refractivity contribution in [2.45, 2.75) is 62.3 Å². The van der Waals surface area contributed by atoms with E-state index in [2.05, 4.69) is 198 Å². The predicted octanol–water partition coefficient (Wildman–Crippen LogP) is 9.08. The van der Waals surface area contributed by atoms with Gasteiger partial charge in [-0.2, -0.15) is 0 Å². The first-order chi connectivity index (χ1) is 27.4. The Bertz CT molecular complexity index is 3080. The van der Waals surface area contributed by atoms with Gasteiger partial charge in [-0.1, -0.05) is 83.4 Å². The summed E-state index contributed by atoms with van der Waals surface area (Å²) < 4.78 is 0. The van der Waals surface area contributed by atoms with E-state index in [0.29, 0.717) is 0 Å². The number of hydrogen-bond acceptors (Lipinski definition) is 0. The summed E-state index contributed by atoms with van der Waals surface area (Å²) in [6.45, 7) is 20.0. The Balaban J connectivity index is 1.49. The van der Waals surface area contributed by atoms with Crippen molar-refractivity contribution in [2.75, 3.05) is 0 Å². The van der Waals surface area contributed by atoms with Crippen LogP contribution in [0.5, 0.6) is 0 Å². The highest BCUT2D eigenvalue weighted by molar-refractivity contribution is 5.87. The maximum Gasteiger partial charge on any atom is 0.0486 e. The third-order valence-electron chi connectivity index (χ3n) is 11.7. The SMILES string of the molecule is Cc1cc(C)c(C2=c3ccc([nH]3)=C(c3ccccc3)c3ccc([nH]3)C(c3c(C)cc(C)cc3C)=c3ccc([nH]3)=C(c3c(C)cc(C)cc3C)c3ccc2[nH]3)c(C)c1. The van der Waals surface area contributed by atoms with Crippen LogP contribution in [0.2, 0.25) is 0 Å². The third-order valence-corrected chi connectivity index (χ3v) is 11.7. The molecule has 0 atom stereocenters. The summed E-state index contributed by atoms with van der Waals surface area (Å²) >= 11 is 0. The molecular weight excluding hydrogens is 693 g/mol. The first kappa shape index (κ1) is 36.1. The molecule has 0 radical (unpaired) electrons. The van der Waals surface area contributed by atoms with E-state index < -0.39 is 0 Å². The lowest BCUT2D eigenvalue weighted by molar-refractivity contribution is 1.17. The number of aromatic amines is 4. The summed E-state index contributed by atoms with van der Waals surface area (Å²) in [4.78, 5) is 15.9. The van der Waals surface area contributed by atoms with Crippen molar-refractivity contribution in [3.63, 3.8) is 0 Å².